The van der Waals surface area contributed by atoms with Gasteiger partial charge < -0.3 is 10.7 Å². The van der Waals surface area contributed by atoms with E-state index in [1.54, 1.807) is 19.2 Å². The molecule has 0 spiro atoms. The number of nitrogens with two attached hydrogens (primary N) is 1. The second-order valence-corrected chi connectivity index (χ2v) is 2.59. The number of nitrogen functional groups attached to an aromatic ring is 1. The summed E-state index contributed by atoms with van der Waals surface area (Å²) in [4.78, 5) is 13.8. The summed E-state index contributed by atoms with van der Waals surface area (Å²) in [6.45, 7) is 1.66. The minimum atomic E-state index is -0.166. The largest absolute Gasteiger partial charge is 0.383 e. The van der Waals surface area contributed by atoms with Crippen LogP contribution < -0.4 is 11.3 Å². The fourth-order valence-electron chi connectivity index (χ4n) is 1.08. The third kappa shape index (κ3) is 0.730. The van der Waals surface area contributed by atoms with Gasteiger partial charge in [0.05, 0.1) is 11.8 Å². The van der Waals surface area contributed by atoms with E-state index in [4.69, 9.17) is 5.73 Å². The fourth-order valence-corrected chi connectivity index (χ4v) is 1.08. The molecule has 0 saturated carbocycles. The van der Waals surface area contributed by atoms with Gasteiger partial charge in [0.2, 0.25) is 0 Å². The Morgan fingerprint density at radius 2 is 2.42 bits per heavy atom. The molecule has 2 rings (SSSR count). The predicted octanol–water partition coefficient (Wildman–Crippen LogP) is -0.0868. The van der Waals surface area contributed by atoms with Crippen LogP contribution in [0.3, 0.4) is 0 Å². The lowest BCUT2D eigenvalue weighted by atomic mass is 10.3. The molecule has 0 radical (unpaired) electrons. The van der Waals surface area contributed by atoms with Crippen LogP contribution in [0.2, 0.25) is 0 Å². The van der Waals surface area contributed by atoms with Crippen molar-refractivity contribution < 1.29 is 0 Å². The van der Waals surface area contributed by atoms with Crippen LogP contribution in [0.25, 0.3) is 5.65 Å². The molecular weight excluding hydrogens is 156 g/mol. The quantitative estimate of drug-likeness (QED) is 0.571. The summed E-state index contributed by atoms with van der Waals surface area (Å²) in [6, 6.07) is 1.69. The maximum atomic E-state index is 11.2. The summed E-state index contributed by atoms with van der Waals surface area (Å²) in [7, 11) is 0. The zero-order valence-corrected chi connectivity index (χ0v) is 6.53. The molecule has 5 nitrogen and oxygen atoms in total. The Hall–Kier alpha value is -1.78. The van der Waals surface area contributed by atoms with E-state index in [-0.39, 0.29) is 5.56 Å². The number of anilines is 1. The van der Waals surface area contributed by atoms with Gasteiger partial charge in [-0.3, -0.25) is 4.79 Å². The van der Waals surface area contributed by atoms with Crippen LogP contribution in [0.5, 0.6) is 0 Å². The Labute approximate surface area is 67.8 Å². The molecule has 2 aromatic rings. The van der Waals surface area contributed by atoms with Crippen molar-refractivity contribution in [3.05, 3.63) is 28.2 Å². The van der Waals surface area contributed by atoms with Crippen molar-refractivity contribution in [2.45, 2.75) is 6.92 Å². The Morgan fingerprint density at radius 3 is 3.17 bits per heavy atom. The molecular formula is C7H8N4O. The lowest BCUT2D eigenvalue weighted by Gasteiger charge is -2.00. The number of fused-ring (bicyclic) bond motifs is 1. The summed E-state index contributed by atoms with van der Waals surface area (Å²) in [5.41, 5.74) is 6.58. The SMILES string of the molecule is Cc1c(N)n2nccc2[nH]c1=O. The van der Waals surface area contributed by atoms with Gasteiger partial charge in [0.1, 0.15) is 11.5 Å². The Bertz CT molecular complexity index is 482. The molecule has 0 amide bonds. The smallest absolute Gasteiger partial charge is 0.256 e. The highest BCUT2D eigenvalue weighted by atomic mass is 16.1. The highest BCUT2D eigenvalue weighted by molar-refractivity contribution is 5.48. The molecule has 0 fully saturated rings. The van der Waals surface area contributed by atoms with Gasteiger partial charge in [-0.05, 0) is 6.92 Å². The van der Waals surface area contributed by atoms with Crippen LogP contribution in [-0.4, -0.2) is 14.6 Å². The van der Waals surface area contributed by atoms with Crippen LogP contribution in [0.4, 0.5) is 5.82 Å². The first kappa shape index (κ1) is 6.90. The molecule has 0 saturated heterocycles. The monoisotopic (exact) mass is 164 g/mol. The third-order valence-electron chi connectivity index (χ3n) is 1.84. The molecule has 0 aliphatic heterocycles. The molecule has 2 heterocycles. The highest BCUT2D eigenvalue weighted by Crippen LogP contribution is 2.05. The summed E-state index contributed by atoms with van der Waals surface area (Å²) in [5, 5.41) is 3.94. The van der Waals surface area contributed by atoms with E-state index in [2.05, 4.69) is 10.1 Å². The lowest BCUT2D eigenvalue weighted by molar-refractivity contribution is 0.931. The van der Waals surface area contributed by atoms with Crippen LogP contribution >= 0.6 is 0 Å². The molecule has 0 aromatic carbocycles. The molecule has 0 aliphatic rings. The van der Waals surface area contributed by atoms with Gasteiger partial charge in [-0.15, -0.1) is 0 Å². The number of rotatable bonds is 0. The maximum absolute atomic E-state index is 11.2. The molecule has 5 heteroatoms. The Morgan fingerprint density at radius 1 is 1.67 bits per heavy atom. The maximum Gasteiger partial charge on any atom is 0.256 e. The van der Waals surface area contributed by atoms with Crippen LogP contribution in [0.1, 0.15) is 5.56 Å². The predicted molar refractivity (Wildman–Crippen MR) is 45.0 cm³/mol. The number of hydrogen-bond acceptors (Lipinski definition) is 3. The first-order chi connectivity index (χ1) is 5.70. The molecule has 0 unspecified atom stereocenters. The second-order valence-electron chi connectivity index (χ2n) is 2.59. The summed E-state index contributed by atoms with van der Waals surface area (Å²) >= 11 is 0. The minimum Gasteiger partial charge on any atom is -0.383 e. The van der Waals surface area contributed by atoms with Gasteiger partial charge >= 0.3 is 0 Å². The van der Waals surface area contributed by atoms with Crippen molar-refractivity contribution >= 4 is 11.5 Å². The molecule has 3 N–H and O–H groups in total. The topological polar surface area (TPSA) is 76.2 Å². The average Bonchev–Trinajstić information content (AvgIpc) is 2.48. The number of nitrogens with one attached hydrogen (secondary N) is 1. The van der Waals surface area contributed by atoms with Gasteiger partial charge in [0, 0.05) is 6.07 Å². The van der Waals surface area contributed by atoms with Gasteiger partial charge in [0.25, 0.3) is 5.56 Å². The molecule has 62 valence electrons. The van der Waals surface area contributed by atoms with Crippen LogP contribution in [-0.2, 0) is 0 Å². The van der Waals surface area contributed by atoms with Crippen molar-refractivity contribution in [1.29, 1.82) is 0 Å². The van der Waals surface area contributed by atoms with E-state index in [1.807, 2.05) is 0 Å². The molecule has 0 bridgehead atoms. The number of aromatic amines is 1. The second kappa shape index (κ2) is 2.10. The molecule has 0 atom stereocenters. The van der Waals surface area contributed by atoms with E-state index < -0.39 is 0 Å². The number of aromatic nitrogens is 3. The van der Waals surface area contributed by atoms with Gasteiger partial charge in [0.15, 0.2) is 0 Å². The zero-order chi connectivity index (χ0) is 8.72. The van der Waals surface area contributed by atoms with Crippen molar-refractivity contribution in [1.82, 2.24) is 14.6 Å². The van der Waals surface area contributed by atoms with Crippen LogP contribution in [0.15, 0.2) is 17.1 Å². The first-order valence-corrected chi connectivity index (χ1v) is 3.52. The summed E-state index contributed by atoms with van der Waals surface area (Å²) in [6.07, 6.45) is 1.58. The first-order valence-electron chi connectivity index (χ1n) is 3.52. The fraction of sp³-hybridized carbons (Fsp3) is 0.143. The van der Waals surface area contributed by atoms with Crippen molar-refractivity contribution in [2.75, 3.05) is 5.73 Å². The normalized spacial score (nSPS) is 10.8. The number of hydrogen-bond donors (Lipinski definition) is 2. The summed E-state index contributed by atoms with van der Waals surface area (Å²) < 4.78 is 1.50. The lowest BCUT2D eigenvalue weighted by Crippen LogP contribution is -2.16. The van der Waals surface area contributed by atoms with E-state index in [1.165, 1.54) is 4.52 Å². The van der Waals surface area contributed by atoms with E-state index >= 15 is 0 Å². The third-order valence-corrected chi connectivity index (χ3v) is 1.84. The molecule has 2 aromatic heterocycles. The minimum absolute atomic E-state index is 0.166. The van der Waals surface area contributed by atoms with Crippen LogP contribution in [0, 0.1) is 6.92 Å². The van der Waals surface area contributed by atoms with Gasteiger partial charge in [-0.25, -0.2) is 4.52 Å². The van der Waals surface area contributed by atoms with E-state index in [0.717, 1.165) is 0 Å². The zero-order valence-electron chi connectivity index (χ0n) is 6.53. The van der Waals surface area contributed by atoms with E-state index in [0.29, 0.717) is 17.0 Å². The van der Waals surface area contributed by atoms with Crippen molar-refractivity contribution in [3.8, 4) is 0 Å². The number of H-pyrrole nitrogens is 1. The van der Waals surface area contributed by atoms with Gasteiger partial charge in [-0.1, -0.05) is 0 Å². The molecule has 0 aliphatic carbocycles. The standard InChI is InChI=1S/C7H8N4O/c1-4-6(8)11-5(2-3-9-11)10-7(4)12/h2-3H,8H2,1H3,(H,10,12). The van der Waals surface area contributed by atoms with Gasteiger partial charge in [-0.2, -0.15) is 5.10 Å². The van der Waals surface area contributed by atoms with Crippen molar-refractivity contribution in [3.63, 3.8) is 0 Å². The van der Waals surface area contributed by atoms with Crippen molar-refractivity contribution in [2.24, 2.45) is 0 Å². The summed E-state index contributed by atoms with van der Waals surface area (Å²) in [5.74, 6) is 0.388. The number of nitrogens with zero attached hydrogens (tertiary/aromatic N) is 2. The average molecular weight is 164 g/mol. The van der Waals surface area contributed by atoms with E-state index in [9.17, 15) is 4.79 Å². The highest BCUT2D eigenvalue weighted by Gasteiger charge is 2.04. The molecule has 12 heavy (non-hydrogen) atoms. The Balaban J connectivity index is 3.04. The Kier molecular flexibility index (Phi) is 1.21.